The minimum Gasteiger partial charge on any atom is -0.481 e. The van der Waals surface area contributed by atoms with Gasteiger partial charge in [0, 0.05) is 13.7 Å². The van der Waals surface area contributed by atoms with Crippen molar-refractivity contribution in [3.63, 3.8) is 0 Å². The molecule has 0 aromatic carbocycles. The van der Waals surface area contributed by atoms with Crippen LogP contribution in [0.5, 0.6) is 0 Å². The normalized spacial score (nSPS) is 29.3. The number of carboxylic acids is 1. The number of carbonyl (C=O) groups excluding carboxylic acids is 1. The van der Waals surface area contributed by atoms with E-state index in [-0.39, 0.29) is 17.4 Å². The molecule has 2 rings (SSSR count). The molecule has 0 aromatic heterocycles. The zero-order valence-electron chi connectivity index (χ0n) is 11.5. The van der Waals surface area contributed by atoms with E-state index in [0.717, 1.165) is 32.1 Å². The van der Waals surface area contributed by atoms with Gasteiger partial charge in [-0.15, -0.1) is 0 Å². The first-order chi connectivity index (χ1) is 9.08. The van der Waals surface area contributed by atoms with Crippen LogP contribution < -0.4 is 5.32 Å². The summed E-state index contributed by atoms with van der Waals surface area (Å²) in [5.41, 5.74) is -0.205. The highest BCUT2D eigenvalue weighted by Gasteiger charge is 2.40. The summed E-state index contributed by atoms with van der Waals surface area (Å²) in [6, 6.07) is 0. The molecule has 0 radical (unpaired) electrons. The summed E-state index contributed by atoms with van der Waals surface area (Å²) in [4.78, 5) is 23.4. The predicted molar refractivity (Wildman–Crippen MR) is 69.7 cm³/mol. The first-order valence-electron chi connectivity index (χ1n) is 7.14. The fourth-order valence-corrected chi connectivity index (χ4v) is 3.14. The van der Waals surface area contributed by atoms with Crippen LogP contribution in [-0.2, 0) is 14.3 Å². The summed E-state index contributed by atoms with van der Waals surface area (Å²) in [5.74, 6) is -1.85. The third kappa shape index (κ3) is 3.08. The van der Waals surface area contributed by atoms with Crippen molar-refractivity contribution in [3.8, 4) is 0 Å². The molecule has 1 amide bonds. The van der Waals surface area contributed by atoms with Gasteiger partial charge in [0.25, 0.3) is 0 Å². The van der Waals surface area contributed by atoms with Gasteiger partial charge in [0.1, 0.15) is 0 Å². The van der Waals surface area contributed by atoms with Gasteiger partial charge >= 0.3 is 5.97 Å². The largest absolute Gasteiger partial charge is 0.481 e. The zero-order valence-corrected chi connectivity index (χ0v) is 11.5. The van der Waals surface area contributed by atoms with Crippen LogP contribution in [0.2, 0.25) is 0 Å². The number of hydrogen-bond donors (Lipinski definition) is 2. The van der Waals surface area contributed by atoms with Crippen molar-refractivity contribution >= 4 is 11.9 Å². The van der Waals surface area contributed by atoms with Crippen molar-refractivity contribution in [1.82, 2.24) is 5.32 Å². The molecular weight excluding hydrogens is 246 g/mol. The van der Waals surface area contributed by atoms with E-state index in [4.69, 9.17) is 4.74 Å². The highest BCUT2D eigenvalue weighted by atomic mass is 16.5. The first kappa shape index (κ1) is 14.3. The van der Waals surface area contributed by atoms with E-state index in [1.54, 1.807) is 7.11 Å². The molecule has 0 bridgehead atoms. The van der Waals surface area contributed by atoms with E-state index in [1.165, 1.54) is 0 Å². The Hall–Kier alpha value is -1.10. The second kappa shape index (κ2) is 5.90. The number of carbonyl (C=O) groups is 2. The van der Waals surface area contributed by atoms with Gasteiger partial charge in [-0.05, 0) is 32.1 Å². The van der Waals surface area contributed by atoms with Crippen LogP contribution in [0, 0.1) is 11.8 Å². The van der Waals surface area contributed by atoms with Gasteiger partial charge in [-0.2, -0.15) is 0 Å². The van der Waals surface area contributed by atoms with Crippen molar-refractivity contribution < 1.29 is 19.4 Å². The minimum atomic E-state index is -0.843. The number of ether oxygens (including phenoxy) is 1. The maximum absolute atomic E-state index is 12.2. The average Bonchev–Trinajstić information content (AvgIpc) is 2.37. The summed E-state index contributed by atoms with van der Waals surface area (Å²) in [6.07, 6.45) is 6.21. The second-order valence-corrected chi connectivity index (χ2v) is 5.79. The molecule has 2 atom stereocenters. The molecule has 0 spiro atoms. The number of nitrogens with one attached hydrogen (secondary N) is 1. The smallest absolute Gasteiger partial charge is 0.307 e. The van der Waals surface area contributed by atoms with Gasteiger partial charge in [-0.1, -0.05) is 12.8 Å². The van der Waals surface area contributed by atoms with Crippen molar-refractivity contribution in [3.05, 3.63) is 0 Å². The molecule has 2 aliphatic carbocycles. The molecular formula is C14H23NO4. The van der Waals surface area contributed by atoms with Crippen LogP contribution in [0.4, 0.5) is 0 Å². The standard InChI is InChI=1S/C14H23NO4/c1-19-14(7-4-8-14)9-15-12(16)10-5-2-3-6-11(10)13(17)18/h10-11H,2-9H2,1H3,(H,15,16)(H,17,18). The third-order valence-corrected chi connectivity index (χ3v) is 4.70. The zero-order chi connectivity index (χ0) is 13.9. The topological polar surface area (TPSA) is 75.6 Å². The minimum absolute atomic E-state index is 0.115. The number of rotatable bonds is 5. The fraction of sp³-hybridized carbons (Fsp3) is 0.857. The number of methoxy groups -OCH3 is 1. The van der Waals surface area contributed by atoms with Crippen molar-refractivity contribution in [2.45, 2.75) is 50.5 Å². The van der Waals surface area contributed by atoms with Gasteiger partial charge in [-0.25, -0.2) is 0 Å². The Labute approximate surface area is 113 Å². The first-order valence-corrected chi connectivity index (χ1v) is 7.14. The molecule has 0 aliphatic heterocycles. The van der Waals surface area contributed by atoms with Crippen LogP contribution in [0.3, 0.4) is 0 Å². The molecule has 2 fully saturated rings. The molecule has 5 heteroatoms. The molecule has 2 unspecified atom stereocenters. The molecule has 108 valence electrons. The van der Waals surface area contributed by atoms with E-state index in [9.17, 15) is 14.7 Å². The van der Waals surface area contributed by atoms with E-state index < -0.39 is 11.9 Å². The molecule has 2 saturated carbocycles. The SMILES string of the molecule is COC1(CNC(=O)C2CCCCC2C(=O)O)CCC1. The van der Waals surface area contributed by atoms with Crippen molar-refractivity contribution in [1.29, 1.82) is 0 Å². The number of aliphatic carboxylic acids is 1. The van der Waals surface area contributed by atoms with Crippen LogP contribution in [-0.4, -0.2) is 36.2 Å². The fourth-order valence-electron chi connectivity index (χ4n) is 3.14. The number of carboxylic acid groups (broad SMARTS) is 1. The van der Waals surface area contributed by atoms with Crippen molar-refractivity contribution in [2.24, 2.45) is 11.8 Å². The molecule has 0 aromatic rings. The molecule has 0 saturated heterocycles. The van der Waals surface area contributed by atoms with Gasteiger partial charge in [0.2, 0.25) is 5.91 Å². The Kier molecular flexibility index (Phi) is 4.45. The Morgan fingerprint density at radius 2 is 1.84 bits per heavy atom. The Morgan fingerprint density at radius 1 is 1.21 bits per heavy atom. The number of amides is 1. The molecule has 2 N–H and O–H groups in total. The maximum Gasteiger partial charge on any atom is 0.307 e. The lowest BCUT2D eigenvalue weighted by Crippen LogP contribution is -2.51. The van der Waals surface area contributed by atoms with Crippen molar-refractivity contribution in [2.75, 3.05) is 13.7 Å². The lowest BCUT2D eigenvalue weighted by molar-refractivity contribution is -0.149. The van der Waals surface area contributed by atoms with E-state index in [2.05, 4.69) is 5.32 Å². The molecule has 19 heavy (non-hydrogen) atoms. The average molecular weight is 269 g/mol. The van der Waals surface area contributed by atoms with E-state index >= 15 is 0 Å². The van der Waals surface area contributed by atoms with E-state index in [1.807, 2.05) is 0 Å². The van der Waals surface area contributed by atoms with Crippen LogP contribution >= 0.6 is 0 Å². The molecule has 2 aliphatic rings. The summed E-state index contributed by atoms with van der Waals surface area (Å²) in [7, 11) is 1.67. The maximum atomic E-state index is 12.2. The quantitative estimate of drug-likeness (QED) is 0.794. The van der Waals surface area contributed by atoms with Crippen LogP contribution in [0.1, 0.15) is 44.9 Å². The highest BCUT2D eigenvalue weighted by molar-refractivity contribution is 5.84. The predicted octanol–water partition coefficient (Wildman–Crippen LogP) is 1.56. The monoisotopic (exact) mass is 269 g/mol. The summed E-state index contributed by atoms with van der Waals surface area (Å²) in [6.45, 7) is 0.505. The van der Waals surface area contributed by atoms with Gasteiger partial charge < -0.3 is 15.2 Å². The highest BCUT2D eigenvalue weighted by Crippen LogP contribution is 2.35. The molecule has 5 nitrogen and oxygen atoms in total. The lowest BCUT2D eigenvalue weighted by Gasteiger charge is -2.41. The summed E-state index contributed by atoms with van der Waals surface area (Å²) < 4.78 is 5.45. The summed E-state index contributed by atoms with van der Waals surface area (Å²) >= 11 is 0. The lowest BCUT2D eigenvalue weighted by atomic mass is 9.77. The summed E-state index contributed by atoms with van der Waals surface area (Å²) in [5, 5.41) is 12.1. The van der Waals surface area contributed by atoms with Gasteiger partial charge in [0.15, 0.2) is 0 Å². The Bertz CT molecular complexity index is 346. The Balaban J connectivity index is 1.89. The van der Waals surface area contributed by atoms with Crippen LogP contribution in [0.15, 0.2) is 0 Å². The number of hydrogen-bond acceptors (Lipinski definition) is 3. The van der Waals surface area contributed by atoms with Crippen LogP contribution in [0.25, 0.3) is 0 Å². The van der Waals surface area contributed by atoms with E-state index in [0.29, 0.717) is 19.4 Å². The second-order valence-electron chi connectivity index (χ2n) is 5.79. The third-order valence-electron chi connectivity index (χ3n) is 4.70. The van der Waals surface area contributed by atoms with Gasteiger partial charge in [0.05, 0.1) is 17.4 Å². The van der Waals surface area contributed by atoms with Gasteiger partial charge in [-0.3, -0.25) is 9.59 Å². The molecule has 0 heterocycles. The Morgan fingerprint density at radius 3 is 2.32 bits per heavy atom.